The van der Waals surface area contributed by atoms with Gasteiger partial charge in [0, 0.05) is 76.3 Å². The van der Waals surface area contributed by atoms with Gasteiger partial charge in [-0.1, -0.05) is 18.2 Å². The lowest BCUT2D eigenvalue weighted by molar-refractivity contribution is -0.00982. The number of para-hydroxylation sites is 3. The Morgan fingerprint density at radius 3 is 0.706 bits per heavy atom. The molecule has 0 saturated carbocycles. The van der Waals surface area contributed by atoms with E-state index in [4.69, 9.17) is 85.3 Å². The maximum absolute atomic E-state index is 11.0. The predicted octanol–water partition coefficient (Wildman–Crippen LogP) is 4.04. The van der Waals surface area contributed by atoms with E-state index < -0.39 is 0 Å². The highest BCUT2D eigenvalue weighted by Crippen LogP contribution is 2.30. The standard InChI is InChI=1S/C60H96N4O21/c1-68-19-22-71-25-28-74-31-34-77-37-40-80-43-46-83-55-10-4-7-52(58(55)65)49-61-13-16-64(17-14-62-50-53-8-5-11-56(59(53)66)84-47-44-81-41-38-78-35-32-75-29-26-72-23-20-69-2)18-15-63-51-54-9-6-12-57(60(54)67)85-48-45-82-42-39-79-36-33-76-30-27-73-24-21-70-3/h4-12,49-51,65-67H,13-48H2,1-3H3. The number of hydrogen-bond acceptors (Lipinski definition) is 25. The van der Waals surface area contributed by atoms with Crippen LogP contribution in [0.5, 0.6) is 34.5 Å². The summed E-state index contributed by atoms with van der Waals surface area (Å²) in [5.41, 5.74) is 1.52. The van der Waals surface area contributed by atoms with Crippen molar-refractivity contribution in [3.05, 3.63) is 71.3 Å². The zero-order chi connectivity index (χ0) is 60.6. The van der Waals surface area contributed by atoms with Crippen LogP contribution < -0.4 is 14.2 Å². The Kier molecular flexibility index (Phi) is 47.3. The predicted molar refractivity (Wildman–Crippen MR) is 320 cm³/mol. The second-order valence-corrected chi connectivity index (χ2v) is 17.9. The van der Waals surface area contributed by atoms with Gasteiger partial charge in [-0.3, -0.25) is 19.9 Å². The first-order valence-electron chi connectivity index (χ1n) is 28.9. The highest BCUT2D eigenvalue weighted by Gasteiger charge is 2.11. The molecule has 0 aliphatic heterocycles. The van der Waals surface area contributed by atoms with Gasteiger partial charge in [-0.2, -0.15) is 0 Å². The zero-order valence-electron chi connectivity index (χ0n) is 50.4. The molecule has 0 fully saturated rings. The molecule has 0 unspecified atom stereocenters. The third kappa shape index (κ3) is 39.3. The number of aliphatic imine (C=N–C) groups is 3. The van der Waals surface area contributed by atoms with Crippen molar-refractivity contribution in [2.75, 3.05) is 259 Å². The van der Waals surface area contributed by atoms with Crippen molar-refractivity contribution in [1.82, 2.24) is 4.90 Å². The zero-order valence-corrected chi connectivity index (χ0v) is 50.4. The van der Waals surface area contributed by atoms with E-state index in [1.54, 1.807) is 94.6 Å². The number of aromatic hydroxyl groups is 3. The molecule has 0 atom stereocenters. The molecule has 3 rings (SSSR count). The molecule has 3 aromatic carbocycles. The molecule has 0 spiro atoms. The fourth-order valence-corrected chi connectivity index (χ4v) is 7.05. The van der Waals surface area contributed by atoms with Crippen LogP contribution in [0.3, 0.4) is 0 Å². The summed E-state index contributed by atoms with van der Waals surface area (Å²) in [6.07, 6.45) is 4.85. The van der Waals surface area contributed by atoms with Crippen molar-refractivity contribution in [1.29, 1.82) is 0 Å². The molecular weight excluding hydrogens is 1110 g/mol. The van der Waals surface area contributed by atoms with Crippen LogP contribution in [0.15, 0.2) is 69.6 Å². The van der Waals surface area contributed by atoms with Gasteiger partial charge in [0.2, 0.25) is 0 Å². The number of phenols is 3. The molecule has 3 N–H and O–H groups in total. The van der Waals surface area contributed by atoms with Crippen LogP contribution in [0.1, 0.15) is 16.7 Å². The maximum Gasteiger partial charge on any atom is 0.166 e. The Morgan fingerprint density at radius 1 is 0.294 bits per heavy atom. The van der Waals surface area contributed by atoms with Gasteiger partial charge >= 0.3 is 0 Å². The van der Waals surface area contributed by atoms with Crippen molar-refractivity contribution in [2.24, 2.45) is 15.0 Å². The van der Waals surface area contributed by atoms with Crippen molar-refractivity contribution in [3.8, 4) is 34.5 Å². The number of phenolic OH excluding ortho intramolecular Hbond substituents is 3. The van der Waals surface area contributed by atoms with Crippen molar-refractivity contribution < 1.29 is 101 Å². The number of rotatable bonds is 60. The van der Waals surface area contributed by atoms with Gasteiger partial charge in [-0.25, -0.2) is 0 Å². The van der Waals surface area contributed by atoms with Crippen LogP contribution in [0.25, 0.3) is 0 Å². The van der Waals surface area contributed by atoms with E-state index in [1.807, 2.05) is 0 Å². The number of benzene rings is 3. The summed E-state index contributed by atoms with van der Waals surface area (Å²) in [5.74, 6) is 0.878. The van der Waals surface area contributed by atoms with E-state index in [0.29, 0.717) is 252 Å². The molecule has 0 aliphatic carbocycles. The molecule has 25 heteroatoms. The van der Waals surface area contributed by atoms with E-state index in [0.717, 1.165) is 0 Å². The van der Waals surface area contributed by atoms with E-state index in [-0.39, 0.29) is 37.1 Å². The number of hydrogen-bond donors (Lipinski definition) is 3. The average Bonchev–Trinajstić information content (AvgIpc) is 3.63. The van der Waals surface area contributed by atoms with Crippen LogP contribution in [0.4, 0.5) is 0 Å². The molecule has 0 radical (unpaired) electrons. The Balaban J connectivity index is 1.46. The molecule has 0 bridgehead atoms. The summed E-state index contributed by atoms with van der Waals surface area (Å²) in [4.78, 5) is 16.1. The van der Waals surface area contributed by atoms with Gasteiger partial charge in [0.05, 0.1) is 198 Å². The van der Waals surface area contributed by atoms with Crippen LogP contribution in [-0.4, -0.2) is 298 Å². The summed E-state index contributed by atoms with van der Waals surface area (Å²) in [5, 5.41) is 33.0. The first-order chi connectivity index (χ1) is 42.0. The molecule has 0 saturated heterocycles. The first-order valence-corrected chi connectivity index (χ1v) is 28.9. The van der Waals surface area contributed by atoms with E-state index in [9.17, 15) is 15.3 Å². The largest absolute Gasteiger partial charge is 0.504 e. The smallest absolute Gasteiger partial charge is 0.166 e. The van der Waals surface area contributed by atoms with Gasteiger partial charge < -0.3 is 101 Å². The highest BCUT2D eigenvalue weighted by atomic mass is 16.6. The number of methoxy groups -OCH3 is 3. The monoisotopic (exact) mass is 1210 g/mol. The lowest BCUT2D eigenvalue weighted by Crippen LogP contribution is -2.31. The second-order valence-electron chi connectivity index (χ2n) is 17.9. The topological polar surface area (TPSA) is 267 Å². The first kappa shape index (κ1) is 74.1. The molecule has 3 aromatic rings. The van der Waals surface area contributed by atoms with Crippen molar-refractivity contribution >= 4 is 18.6 Å². The minimum absolute atomic E-state index is 0.0251. The van der Waals surface area contributed by atoms with Crippen LogP contribution >= 0.6 is 0 Å². The van der Waals surface area contributed by atoms with E-state index >= 15 is 0 Å². The molecule has 0 amide bonds. The molecule has 0 aromatic heterocycles. The van der Waals surface area contributed by atoms with E-state index in [2.05, 4.69) is 19.9 Å². The van der Waals surface area contributed by atoms with Gasteiger partial charge in [-0.15, -0.1) is 0 Å². The van der Waals surface area contributed by atoms with E-state index in [1.165, 1.54) is 0 Å². The Morgan fingerprint density at radius 2 is 0.494 bits per heavy atom. The minimum atomic E-state index is -0.0251. The van der Waals surface area contributed by atoms with Crippen molar-refractivity contribution in [3.63, 3.8) is 0 Å². The van der Waals surface area contributed by atoms with Crippen molar-refractivity contribution in [2.45, 2.75) is 0 Å². The molecule has 0 heterocycles. The highest BCUT2D eigenvalue weighted by molar-refractivity contribution is 5.86. The molecule has 85 heavy (non-hydrogen) atoms. The third-order valence-electron chi connectivity index (χ3n) is 11.5. The summed E-state index contributed by atoms with van der Waals surface area (Å²) in [6.45, 7) is 15.9. The van der Waals surface area contributed by atoms with Gasteiger partial charge in [0.15, 0.2) is 34.5 Å². The van der Waals surface area contributed by atoms with Crippen LogP contribution in [0.2, 0.25) is 0 Å². The van der Waals surface area contributed by atoms with Gasteiger partial charge in [-0.05, 0) is 36.4 Å². The Hall–Kier alpha value is -5.17. The van der Waals surface area contributed by atoms with Gasteiger partial charge in [0.1, 0.15) is 19.8 Å². The molecule has 25 nitrogen and oxygen atoms in total. The van der Waals surface area contributed by atoms with Gasteiger partial charge in [0.25, 0.3) is 0 Å². The Labute approximate surface area is 502 Å². The molecular formula is C60H96N4O21. The quantitative estimate of drug-likeness (QED) is 0.0532. The fraction of sp³-hybridized carbons (Fsp3) is 0.650. The summed E-state index contributed by atoms with van der Waals surface area (Å²) in [7, 11) is 4.89. The minimum Gasteiger partial charge on any atom is -0.504 e. The fourth-order valence-electron chi connectivity index (χ4n) is 7.05. The molecule has 482 valence electrons. The van der Waals surface area contributed by atoms with Crippen LogP contribution in [0, 0.1) is 0 Å². The summed E-state index contributed by atoms with van der Waals surface area (Å²) >= 11 is 0. The lowest BCUT2D eigenvalue weighted by Gasteiger charge is -2.19. The lowest BCUT2D eigenvalue weighted by atomic mass is 10.2. The normalized spacial score (nSPS) is 11.9. The second kappa shape index (κ2) is 54.2. The average molecular weight is 1210 g/mol. The summed E-state index contributed by atoms with van der Waals surface area (Å²) in [6, 6.07) is 15.7. The Bertz CT molecular complexity index is 1900. The van der Waals surface area contributed by atoms with Crippen LogP contribution in [-0.2, 0) is 71.1 Å². The number of ether oxygens (including phenoxy) is 18. The maximum atomic E-state index is 11.0. The number of nitrogens with zero attached hydrogens (tertiary/aromatic N) is 4. The third-order valence-corrected chi connectivity index (χ3v) is 11.5. The SMILES string of the molecule is COCCOCCOCCOCCOCCOc1cccc(C=NCCN(CCN=Cc2cccc(OCCOCCOCCOCCOCCOC)c2O)CCN=Cc2cccc(OCCOCCOCCOCCOCCOC)c2O)c1O. The summed E-state index contributed by atoms with van der Waals surface area (Å²) < 4.78 is 98.2. The molecule has 0 aliphatic rings.